The molecule has 1 N–H and O–H groups in total. The number of esters is 1. The maximum Gasteiger partial charge on any atom is 0.412 e. The Labute approximate surface area is 160 Å². The molecule has 0 saturated heterocycles. The van der Waals surface area contributed by atoms with Crippen LogP contribution in [0, 0.1) is 17.0 Å². The number of nitrogens with zero attached hydrogens (tertiary/aromatic N) is 1. The molecule has 0 aliphatic heterocycles. The molecule has 1 amide bonds. The summed E-state index contributed by atoms with van der Waals surface area (Å²) in [7, 11) is 0. The van der Waals surface area contributed by atoms with Gasteiger partial charge < -0.3 is 9.47 Å². The summed E-state index contributed by atoms with van der Waals surface area (Å²) in [6.07, 6.45) is 0.0225. The van der Waals surface area contributed by atoms with Crippen LogP contribution in [0.15, 0.2) is 24.3 Å². The number of hydrogen-bond acceptors (Lipinski definition) is 7. The van der Waals surface area contributed by atoms with Crippen LogP contribution < -0.4 is 5.32 Å². The Balaban J connectivity index is 2.43. The minimum Gasteiger partial charge on any atom is -0.462 e. The van der Waals surface area contributed by atoms with Gasteiger partial charge in [-0.2, -0.15) is 0 Å². The van der Waals surface area contributed by atoms with E-state index in [9.17, 15) is 19.7 Å². The second-order valence-corrected chi connectivity index (χ2v) is 6.57. The van der Waals surface area contributed by atoms with Crippen LogP contribution in [0.25, 0.3) is 10.4 Å². The summed E-state index contributed by atoms with van der Waals surface area (Å²) in [5.41, 5.74) is 1.55. The van der Waals surface area contributed by atoms with Crippen molar-refractivity contribution in [3.8, 4) is 10.4 Å². The molecule has 144 valence electrons. The van der Waals surface area contributed by atoms with Gasteiger partial charge in [-0.3, -0.25) is 15.4 Å². The number of ether oxygens (including phenoxy) is 2. The van der Waals surface area contributed by atoms with Crippen molar-refractivity contribution in [2.24, 2.45) is 0 Å². The van der Waals surface area contributed by atoms with Gasteiger partial charge in [0.05, 0.1) is 23.7 Å². The van der Waals surface area contributed by atoms with Crippen LogP contribution in [-0.4, -0.2) is 30.2 Å². The lowest BCUT2D eigenvalue weighted by atomic mass is 10.1. The second kappa shape index (κ2) is 9.13. The Morgan fingerprint density at radius 3 is 2.41 bits per heavy atom. The Morgan fingerprint density at radius 1 is 1.19 bits per heavy atom. The van der Waals surface area contributed by atoms with E-state index >= 15 is 0 Å². The van der Waals surface area contributed by atoms with Gasteiger partial charge in [0.15, 0.2) is 0 Å². The molecular weight excluding hydrogens is 372 g/mol. The van der Waals surface area contributed by atoms with Crippen molar-refractivity contribution in [3.05, 3.63) is 45.5 Å². The molecule has 0 bridgehead atoms. The van der Waals surface area contributed by atoms with E-state index in [1.807, 2.05) is 6.92 Å². The molecule has 0 aliphatic carbocycles. The highest BCUT2D eigenvalue weighted by Crippen LogP contribution is 2.40. The van der Waals surface area contributed by atoms with Crippen LogP contribution in [0.1, 0.15) is 36.2 Å². The van der Waals surface area contributed by atoms with Crippen LogP contribution in [0.3, 0.4) is 0 Å². The molecule has 1 aromatic heterocycles. The quantitative estimate of drug-likeness (QED) is 0.413. The first kappa shape index (κ1) is 20.4. The third-order valence-electron chi connectivity index (χ3n) is 3.62. The standard InChI is InChI=1S/C18H20N2O6S/c1-4-10-26-18(22)19-16-14(17(21)25-5-2)11(3)15(27-16)12-6-8-13(9-7-12)20(23)24/h6-9H,4-5,10H2,1-3H3,(H,19,22). The number of benzene rings is 1. The summed E-state index contributed by atoms with van der Waals surface area (Å²) in [6.45, 7) is 5.77. The van der Waals surface area contributed by atoms with E-state index < -0.39 is 17.0 Å². The van der Waals surface area contributed by atoms with Crippen molar-refractivity contribution in [3.63, 3.8) is 0 Å². The van der Waals surface area contributed by atoms with Gasteiger partial charge in [-0.1, -0.05) is 6.92 Å². The van der Waals surface area contributed by atoms with Crippen molar-refractivity contribution >= 4 is 34.1 Å². The molecule has 0 fully saturated rings. The SMILES string of the molecule is CCCOC(=O)Nc1sc(-c2ccc([N+](=O)[O-])cc2)c(C)c1C(=O)OCC. The number of amides is 1. The second-order valence-electron chi connectivity index (χ2n) is 5.55. The molecular formula is C18H20N2O6S. The first-order valence-corrected chi connectivity index (χ1v) is 9.19. The molecule has 0 radical (unpaired) electrons. The number of nitro groups is 1. The third kappa shape index (κ3) is 4.82. The van der Waals surface area contributed by atoms with Crippen LogP contribution in [0.5, 0.6) is 0 Å². The minimum atomic E-state index is -0.654. The van der Waals surface area contributed by atoms with Crippen LogP contribution in [0.2, 0.25) is 0 Å². The highest BCUT2D eigenvalue weighted by molar-refractivity contribution is 7.20. The number of nitrogens with one attached hydrogen (secondary N) is 1. The van der Waals surface area contributed by atoms with Crippen molar-refractivity contribution in [2.75, 3.05) is 18.5 Å². The smallest absolute Gasteiger partial charge is 0.412 e. The zero-order chi connectivity index (χ0) is 20.0. The maximum absolute atomic E-state index is 12.4. The average molecular weight is 392 g/mol. The Bertz CT molecular complexity index is 844. The number of hydrogen-bond donors (Lipinski definition) is 1. The number of carbonyl (C=O) groups excluding carboxylic acids is 2. The van der Waals surface area contributed by atoms with E-state index in [1.165, 1.54) is 23.5 Å². The summed E-state index contributed by atoms with van der Waals surface area (Å²) >= 11 is 1.19. The van der Waals surface area contributed by atoms with E-state index in [1.54, 1.807) is 26.0 Å². The summed E-state index contributed by atoms with van der Waals surface area (Å²) < 4.78 is 10.1. The van der Waals surface area contributed by atoms with E-state index in [-0.39, 0.29) is 24.5 Å². The van der Waals surface area contributed by atoms with Crippen molar-refractivity contribution in [1.29, 1.82) is 0 Å². The molecule has 0 aliphatic rings. The van der Waals surface area contributed by atoms with Gasteiger partial charge in [0.25, 0.3) is 5.69 Å². The van der Waals surface area contributed by atoms with Gasteiger partial charge in [0.1, 0.15) is 5.00 Å². The van der Waals surface area contributed by atoms with Crippen LogP contribution >= 0.6 is 11.3 Å². The summed E-state index contributed by atoms with van der Waals surface area (Å²) in [5, 5.41) is 13.7. The number of thiophene rings is 1. The molecule has 1 heterocycles. The first-order valence-electron chi connectivity index (χ1n) is 8.38. The molecule has 2 aromatic rings. The number of carbonyl (C=O) groups is 2. The predicted molar refractivity (Wildman–Crippen MR) is 102 cm³/mol. The molecule has 1 aromatic carbocycles. The third-order valence-corrected chi connectivity index (χ3v) is 4.88. The van der Waals surface area contributed by atoms with Gasteiger partial charge in [-0.25, -0.2) is 9.59 Å². The Kier molecular flexibility index (Phi) is 6.89. The zero-order valence-corrected chi connectivity index (χ0v) is 16.1. The summed E-state index contributed by atoms with van der Waals surface area (Å²) in [5.74, 6) is -0.551. The van der Waals surface area contributed by atoms with Gasteiger partial charge in [-0.05, 0) is 43.5 Å². The van der Waals surface area contributed by atoms with E-state index in [4.69, 9.17) is 9.47 Å². The molecule has 0 saturated carbocycles. The molecule has 2 rings (SSSR count). The number of non-ortho nitro benzene ring substituents is 1. The van der Waals surface area contributed by atoms with Gasteiger partial charge >= 0.3 is 12.1 Å². The van der Waals surface area contributed by atoms with Gasteiger partial charge in [-0.15, -0.1) is 11.3 Å². The lowest BCUT2D eigenvalue weighted by Crippen LogP contribution is -2.16. The first-order chi connectivity index (χ1) is 12.9. The number of rotatable bonds is 7. The number of anilines is 1. The monoisotopic (exact) mass is 392 g/mol. The highest BCUT2D eigenvalue weighted by atomic mass is 32.1. The summed E-state index contributed by atoms with van der Waals surface area (Å²) in [6, 6.07) is 5.98. The minimum absolute atomic E-state index is 0.0277. The van der Waals surface area contributed by atoms with Gasteiger partial charge in [0, 0.05) is 17.0 Å². The highest BCUT2D eigenvalue weighted by Gasteiger charge is 2.25. The maximum atomic E-state index is 12.4. The van der Waals surface area contributed by atoms with Crippen LogP contribution in [0.4, 0.5) is 15.5 Å². The fourth-order valence-corrected chi connectivity index (χ4v) is 3.57. The molecule has 27 heavy (non-hydrogen) atoms. The lowest BCUT2D eigenvalue weighted by Gasteiger charge is -2.07. The Hall–Kier alpha value is -2.94. The molecule has 8 nitrogen and oxygen atoms in total. The van der Waals surface area contributed by atoms with E-state index in [2.05, 4.69) is 5.32 Å². The lowest BCUT2D eigenvalue weighted by molar-refractivity contribution is -0.384. The van der Waals surface area contributed by atoms with Crippen molar-refractivity contribution in [1.82, 2.24) is 0 Å². The number of nitro benzene ring substituents is 1. The topological polar surface area (TPSA) is 108 Å². The van der Waals surface area contributed by atoms with Crippen LogP contribution in [-0.2, 0) is 9.47 Å². The molecule has 0 unspecified atom stereocenters. The molecule has 9 heteroatoms. The fourth-order valence-electron chi connectivity index (χ4n) is 2.38. The summed E-state index contributed by atoms with van der Waals surface area (Å²) in [4.78, 5) is 35.4. The fraction of sp³-hybridized carbons (Fsp3) is 0.333. The normalized spacial score (nSPS) is 10.3. The van der Waals surface area contributed by atoms with E-state index in [0.717, 1.165) is 0 Å². The Morgan fingerprint density at radius 2 is 1.85 bits per heavy atom. The predicted octanol–water partition coefficient (Wildman–Crippen LogP) is 4.77. The molecule has 0 spiro atoms. The zero-order valence-electron chi connectivity index (χ0n) is 15.2. The van der Waals surface area contributed by atoms with Crippen molar-refractivity contribution < 1.29 is 24.0 Å². The van der Waals surface area contributed by atoms with E-state index in [0.29, 0.717) is 27.4 Å². The molecule has 0 atom stereocenters. The largest absolute Gasteiger partial charge is 0.462 e. The van der Waals surface area contributed by atoms with Crippen molar-refractivity contribution in [2.45, 2.75) is 27.2 Å². The van der Waals surface area contributed by atoms with Gasteiger partial charge in [0.2, 0.25) is 0 Å². The average Bonchev–Trinajstić information content (AvgIpc) is 2.96.